The topological polar surface area (TPSA) is 38.9 Å². The van der Waals surface area contributed by atoms with Crippen molar-refractivity contribution in [1.29, 1.82) is 0 Å². The monoisotopic (exact) mass is 196 g/mol. The molecule has 72 valence electrons. The largest absolute Gasteiger partial charge is 0.320 e. The molecule has 0 spiro atoms. The number of nitrogens with two attached hydrogens (primary N) is 1. The van der Waals surface area contributed by atoms with Crippen molar-refractivity contribution >= 4 is 11.3 Å². The lowest BCUT2D eigenvalue weighted by Crippen LogP contribution is -2.28. The highest BCUT2D eigenvalue weighted by atomic mass is 32.1. The van der Waals surface area contributed by atoms with Crippen molar-refractivity contribution in [2.24, 2.45) is 5.73 Å². The zero-order valence-corrected chi connectivity index (χ0v) is 9.03. The van der Waals surface area contributed by atoms with E-state index in [0.29, 0.717) is 0 Å². The lowest BCUT2D eigenvalue weighted by molar-refractivity contribution is 0.410. The van der Waals surface area contributed by atoms with E-state index in [-0.39, 0.29) is 5.54 Å². The van der Waals surface area contributed by atoms with Crippen LogP contribution in [0.15, 0.2) is 5.38 Å². The van der Waals surface area contributed by atoms with Gasteiger partial charge in [0.2, 0.25) is 0 Å². The maximum atomic E-state index is 5.98. The highest BCUT2D eigenvalue weighted by Gasteiger charge is 2.25. The van der Waals surface area contributed by atoms with E-state index in [4.69, 9.17) is 5.73 Å². The molecule has 1 fully saturated rings. The molecule has 1 saturated carbocycles. The number of hydrogen-bond donors (Lipinski definition) is 1. The summed E-state index contributed by atoms with van der Waals surface area (Å²) in [4.78, 5) is 4.60. The van der Waals surface area contributed by atoms with Crippen molar-refractivity contribution in [2.45, 2.75) is 44.6 Å². The van der Waals surface area contributed by atoms with E-state index >= 15 is 0 Å². The molecule has 2 rings (SSSR count). The smallest absolute Gasteiger partial charge is 0.112 e. The lowest BCUT2D eigenvalue weighted by atomic mass is 9.83. The molecule has 2 nitrogen and oxygen atoms in total. The lowest BCUT2D eigenvalue weighted by Gasteiger charge is -2.23. The molecule has 3 heteroatoms. The molecule has 13 heavy (non-hydrogen) atoms. The highest BCUT2D eigenvalue weighted by molar-refractivity contribution is 7.09. The average Bonchev–Trinajstić information content (AvgIpc) is 2.29. The van der Waals surface area contributed by atoms with Crippen LogP contribution in [-0.2, 0) is 5.54 Å². The second-order valence-electron chi connectivity index (χ2n) is 4.43. The number of hydrogen-bond acceptors (Lipinski definition) is 3. The molecule has 0 saturated heterocycles. The molecule has 0 aromatic carbocycles. The molecule has 0 amide bonds. The predicted octanol–water partition coefficient (Wildman–Crippen LogP) is 2.60. The van der Waals surface area contributed by atoms with Gasteiger partial charge in [0.05, 0.1) is 11.2 Å². The van der Waals surface area contributed by atoms with Gasteiger partial charge >= 0.3 is 0 Å². The quantitative estimate of drug-likeness (QED) is 0.789. The summed E-state index contributed by atoms with van der Waals surface area (Å²) in [5.41, 5.74) is 6.97. The van der Waals surface area contributed by atoms with Crippen LogP contribution in [0.3, 0.4) is 0 Å². The Morgan fingerprint density at radius 2 is 2.23 bits per heavy atom. The van der Waals surface area contributed by atoms with Gasteiger partial charge in [0.1, 0.15) is 5.01 Å². The van der Waals surface area contributed by atoms with Crippen LogP contribution in [0.1, 0.15) is 49.7 Å². The zero-order chi connectivity index (χ0) is 9.47. The second-order valence-corrected chi connectivity index (χ2v) is 5.29. The fourth-order valence-corrected chi connectivity index (χ4v) is 2.41. The van der Waals surface area contributed by atoms with Crippen LogP contribution in [0.2, 0.25) is 0 Å². The Morgan fingerprint density at radius 3 is 2.62 bits per heavy atom. The van der Waals surface area contributed by atoms with Gasteiger partial charge in [0.25, 0.3) is 0 Å². The number of thiazole rings is 1. The fourth-order valence-electron chi connectivity index (χ4n) is 1.47. The SMILES string of the molecule is CC(C)(N)c1nc(C2CCC2)cs1. The second kappa shape index (κ2) is 3.07. The van der Waals surface area contributed by atoms with Gasteiger partial charge in [0, 0.05) is 11.3 Å². The molecule has 1 aliphatic carbocycles. The third kappa shape index (κ3) is 1.76. The molecule has 1 aromatic heterocycles. The Bertz CT molecular complexity index is 294. The highest BCUT2D eigenvalue weighted by Crippen LogP contribution is 2.37. The summed E-state index contributed by atoms with van der Waals surface area (Å²) >= 11 is 1.70. The number of rotatable bonds is 2. The molecular weight excluding hydrogens is 180 g/mol. The van der Waals surface area contributed by atoms with Gasteiger partial charge in [-0.1, -0.05) is 6.42 Å². The Kier molecular flexibility index (Phi) is 2.16. The molecule has 2 N–H and O–H groups in total. The minimum Gasteiger partial charge on any atom is -0.320 e. The molecular formula is C10H16N2S. The van der Waals surface area contributed by atoms with E-state index in [9.17, 15) is 0 Å². The van der Waals surface area contributed by atoms with E-state index in [1.807, 2.05) is 13.8 Å². The molecule has 1 aliphatic rings. The average molecular weight is 196 g/mol. The summed E-state index contributed by atoms with van der Waals surface area (Å²) in [6, 6.07) is 0. The van der Waals surface area contributed by atoms with Crippen LogP contribution in [0.25, 0.3) is 0 Å². The molecule has 1 heterocycles. The van der Waals surface area contributed by atoms with Crippen LogP contribution in [0, 0.1) is 0 Å². The van der Waals surface area contributed by atoms with Crippen molar-refractivity contribution < 1.29 is 0 Å². The zero-order valence-electron chi connectivity index (χ0n) is 8.21. The van der Waals surface area contributed by atoms with Crippen molar-refractivity contribution in [2.75, 3.05) is 0 Å². The minimum atomic E-state index is -0.271. The first kappa shape index (κ1) is 9.16. The van der Waals surface area contributed by atoms with Crippen LogP contribution in [-0.4, -0.2) is 4.98 Å². The van der Waals surface area contributed by atoms with E-state index in [0.717, 1.165) is 10.9 Å². The third-order valence-electron chi connectivity index (χ3n) is 2.60. The van der Waals surface area contributed by atoms with Crippen molar-refractivity contribution in [3.63, 3.8) is 0 Å². The fraction of sp³-hybridized carbons (Fsp3) is 0.700. The summed E-state index contributed by atoms with van der Waals surface area (Å²) in [6.07, 6.45) is 3.99. The van der Waals surface area contributed by atoms with Gasteiger partial charge in [-0.15, -0.1) is 11.3 Å². The Hall–Kier alpha value is -0.410. The van der Waals surface area contributed by atoms with Gasteiger partial charge < -0.3 is 5.73 Å². The predicted molar refractivity (Wildman–Crippen MR) is 55.9 cm³/mol. The molecule has 1 aromatic rings. The van der Waals surface area contributed by atoms with E-state index in [2.05, 4.69) is 10.4 Å². The van der Waals surface area contributed by atoms with Gasteiger partial charge in [-0.2, -0.15) is 0 Å². The van der Waals surface area contributed by atoms with E-state index < -0.39 is 0 Å². The maximum absolute atomic E-state index is 5.98. The summed E-state index contributed by atoms with van der Waals surface area (Å²) in [6.45, 7) is 4.02. The van der Waals surface area contributed by atoms with Gasteiger partial charge in [-0.25, -0.2) is 4.98 Å². The minimum absolute atomic E-state index is 0.271. The normalized spacial score (nSPS) is 18.7. The van der Waals surface area contributed by atoms with E-state index in [1.54, 1.807) is 11.3 Å². The standard InChI is InChI=1S/C10H16N2S/c1-10(2,11)9-12-8(6-13-9)7-4-3-5-7/h6-7H,3-5,11H2,1-2H3. The van der Waals surface area contributed by atoms with Crippen LogP contribution >= 0.6 is 11.3 Å². The van der Waals surface area contributed by atoms with Gasteiger partial charge in [0.15, 0.2) is 0 Å². The number of aromatic nitrogens is 1. The van der Waals surface area contributed by atoms with Gasteiger partial charge in [-0.05, 0) is 26.7 Å². The Morgan fingerprint density at radius 1 is 1.54 bits per heavy atom. The first-order chi connectivity index (χ1) is 6.07. The third-order valence-corrected chi connectivity index (χ3v) is 3.80. The van der Waals surface area contributed by atoms with Crippen molar-refractivity contribution in [3.8, 4) is 0 Å². The summed E-state index contributed by atoms with van der Waals surface area (Å²) < 4.78 is 0. The van der Waals surface area contributed by atoms with Gasteiger partial charge in [-0.3, -0.25) is 0 Å². The molecule has 0 aliphatic heterocycles. The molecule has 0 atom stereocenters. The van der Waals surface area contributed by atoms with Crippen molar-refractivity contribution in [3.05, 3.63) is 16.1 Å². The molecule has 0 radical (unpaired) electrons. The molecule has 0 unspecified atom stereocenters. The molecule has 0 bridgehead atoms. The summed E-state index contributed by atoms with van der Waals surface area (Å²) in [5, 5.41) is 3.24. The van der Waals surface area contributed by atoms with Crippen LogP contribution < -0.4 is 5.73 Å². The summed E-state index contributed by atoms with van der Waals surface area (Å²) in [7, 11) is 0. The Labute approximate surface area is 83.2 Å². The van der Waals surface area contributed by atoms with Crippen LogP contribution in [0.4, 0.5) is 0 Å². The van der Waals surface area contributed by atoms with Crippen LogP contribution in [0.5, 0.6) is 0 Å². The number of nitrogens with zero attached hydrogens (tertiary/aromatic N) is 1. The van der Waals surface area contributed by atoms with Crippen molar-refractivity contribution in [1.82, 2.24) is 4.98 Å². The Balaban J connectivity index is 2.17. The summed E-state index contributed by atoms with van der Waals surface area (Å²) in [5.74, 6) is 0.729. The first-order valence-electron chi connectivity index (χ1n) is 4.82. The maximum Gasteiger partial charge on any atom is 0.112 e. The first-order valence-corrected chi connectivity index (χ1v) is 5.70. The van der Waals surface area contributed by atoms with E-state index in [1.165, 1.54) is 25.0 Å².